The van der Waals surface area contributed by atoms with E-state index in [2.05, 4.69) is 27.7 Å². The van der Waals surface area contributed by atoms with Crippen LogP contribution in [0.15, 0.2) is 23.3 Å². The molecule has 1 aliphatic carbocycles. The Morgan fingerprint density at radius 2 is 2.07 bits per heavy atom. The number of fused-ring (bicyclic) bond motifs is 3. The van der Waals surface area contributed by atoms with Gasteiger partial charge in [-0.2, -0.15) is 5.10 Å². The standard InChI is InChI=1S/C20H26ClN5O2/c1-3-17-23-24-19-20(28)25(15-9-4-5-10-16(15)26(17)19)11-18(27)22-14-8-6-7-13(21)12(14)2/h6-8,15-16,19,24H,3-5,9-11H2,1-2H3,(H,22,27). The number of hydrazone groups is 1. The summed E-state index contributed by atoms with van der Waals surface area (Å²) in [7, 11) is 0. The highest BCUT2D eigenvalue weighted by Gasteiger charge is 2.50. The van der Waals surface area contributed by atoms with Gasteiger partial charge in [0.1, 0.15) is 12.4 Å². The van der Waals surface area contributed by atoms with Gasteiger partial charge in [0.05, 0.1) is 12.1 Å². The summed E-state index contributed by atoms with van der Waals surface area (Å²) >= 11 is 6.15. The Hall–Kier alpha value is -2.28. The van der Waals surface area contributed by atoms with E-state index in [9.17, 15) is 9.59 Å². The molecule has 2 heterocycles. The Morgan fingerprint density at radius 3 is 2.82 bits per heavy atom. The van der Waals surface area contributed by atoms with Crippen LogP contribution in [0.4, 0.5) is 5.69 Å². The second-order valence-corrected chi connectivity index (χ2v) is 8.07. The van der Waals surface area contributed by atoms with Crippen LogP contribution in [-0.4, -0.2) is 52.2 Å². The molecule has 2 N–H and O–H groups in total. The van der Waals surface area contributed by atoms with Gasteiger partial charge in [0.2, 0.25) is 5.91 Å². The zero-order chi connectivity index (χ0) is 19.8. The van der Waals surface area contributed by atoms with Crippen molar-refractivity contribution in [2.45, 2.75) is 64.2 Å². The maximum atomic E-state index is 13.2. The first kappa shape index (κ1) is 19.1. The minimum absolute atomic E-state index is 0.0411. The molecule has 150 valence electrons. The molecule has 7 nitrogen and oxygen atoms in total. The van der Waals surface area contributed by atoms with Crippen molar-refractivity contribution >= 4 is 34.9 Å². The van der Waals surface area contributed by atoms with Gasteiger partial charge in [0.15, 0.2) is 6.17 Å². The van der Waals surface area contributed by atoms with Crippen molar-refractivity contribution in [2.24, 2.45) is 5.10 Å². The number of anilines is 1. The number of carbonyl (C=O) groups is 2. The largest absolute Gasteiger partial charge is 0.325 e. The van der Waals surface area contributed by atoms with Gasteiger partial charge in [-0.05, 0) is 37.5 Å². The van der Waals surface area contributed by atoms with Crippen molar-refractivity contribution < 1.29 is 9.59 Å². The molecule has 4 rings (SSSR count). The maximum Gasteiger partial charge on any atom is 0.268 e. The molecule has 3 aliphatic rings. The quantitative estimate of drug-likeness (QED) is 0.810. The highest BCUT2D eigenvalue weighted by atomic mass is 35.5. The topological polar surface area (TPSA) is 77.0 Å². The third-order valence-electron chi connectivity index (χ3n) is 6.03. The lowest BCUT2D eigenvalue weighted by molar-refractivity contribution is -0.151. The van der Waals surface area contributed by atoms with E-state index in [1.165, 1.54) is 0 Å². The summed E-state index contributed by atoms with van der Waals surface area (Å²) in [5.74, 6) is 0.661. The highest BCUT2D eigenvalue weighted by molar-refractivity contribution is 6.31. The van der Waals surface area contributed by atoms with Crippen LogP contribution in [-0.2, 0) is 9.59 Å². The van der Waals surface area contributed by atoms with Crippen LogP contribution in [0.3, 0.4) is 0 Å². The monoisotopic (exact) mass is 403 g/mol. The summed E-state index contributed by atoms with van der Waals surface area (Å²) in [5.41, 5.74) is 4.49. The van der Waals surface area contributed by atoms with Crippen molar-refractivity contribution in [3.8, 4) is 0 Å². The predicted molar refractivity (Wildman–Crippen MR) is 109 cm³/mol. The lowest BCUT2D eigenvalue weighted by atomic mass is 9.85. The Bertz CT molecular complexity index is 827. The van der Waals surface area contributed by atoms with Gasteiger partial charge in [-0.3, -0.25) is 15.0 Å². The molecule has 1 saturated carbocycles. The van der Waals surface area contributed by atoms with E-state index in [-0.39, 0.29) is 30.4 Å². The van der Waals surface area contributed by atoms with Crippen LogP contribution in [0.5, 0.6) is 0 Å². The molecule has 2 aliphatic heterocycles. The lowest BCUT2D eigenvalue weighted by Crippen LogP contribution is -2.69. The molecule has 0 spiro atoms. The first-order chi connectivity index (χ1) is 13.5. The number of amidine groups is 1. The molecule has 3 unspecified atom stereocenters. The molecular weight excluding hydrogens is 378 g/mol. The third kappa shape index (κ3) is 3.21. The Morgan fingerprint density at radius 1 is 1.32 bits per heavy atom. The van der Waals surface area contributed by atoms with Crippen LogP contribution in [0.2, 0.25) is 5.02 Å². The van der Waals surface area contributed by atoms with Crippen LogP contribution >= 0.6 is 11.6 Å². The van der Waals surface area contributed by atoms with E-state index < -0.39 is 6.17 Å². The number of carbonyl (C=O) groups excluding carboxylic acids is 2. The molecule has 1 aromatic carbocycles. The molecule has 28 heavy (non-hydrogen) atoms. The van der Waals surface area contributed by atoms with Crippen LogP contribution in [0.25, 0.3) is 0 Å². The van der Waals surface area contributed by atoms with Crippen molar-refractivity contribution in [2.75, 3.05) is 11.9 Å². The molecule has 2 fully saturated rings. The third-order valence-corrected chi connectivity index (χ3v) is 6.44. The average molecular weight is 404 g/mol. The fourth-order valence-corrected chi connectivity index (χ4v) is 4.78. The van der Waals surface area contributed by atoms with Gasteiger partial charge < -0.3 is 15.1 Å². The number of halogens is 1. The Kier molecular flexibility index (Phi) is 5.19. The first-order valence-corrected chi connectivity index (χ1v) is 10.3. The summed E-state index contributed by atoms with van der Waals surface area (Å²) in [5, 5.41) is 7.89. The van der Waals surface area contributed by atoms with E-state index in [1.807, 2.05) is 13.0 Å². The molecule has 8 heteroatoms. The first-order valence-electron chi connectivity index (χ1n) is 9.97. The molecule has 3 atom stereocenters. The molecular formula is C20H26ClN5O2. The number of amides is 2. The zero-order valence-electron chi connectivity index (χ0n) is 16.2. The van der Waals surface area contributed by atoms with E-state index in [1.54, 1.807) is 17.0 Å². The number of piperazine rings is 1. The molecule has 2 amide bonds. The molecule has 0 radical (unpaired) electrons. The SMILES string of the molecule is CCC1=NNC2C(=O)N(CC(=O)Nc3cccc(Cl)c3C)C3CCCCC3N12. The van der Waals surface area contributed by atoms with Crippen molar-refractivity contribution in [3.63, 3.8) is 0 Å². The summed E-state index contributed by atoms with van der Waals surface area (Å²) in [6, 6.07) is 5.67. The molecule has 0 bridgehead atoms. The van der Waals surface area contributed by atoms with Crippen LogP contribution in [0.1, 0.15) is 44.6 Å². The van der Waals surface area contributed by atoms with E-state index in [0.717, 1.165) is 43.5 Å². The van der Waals surface area contributed by atoms with Crippen molar-refractivity contribution in [1.29, 1.82) is 0 Å². The number of nitrogens with zero attached hydrogens (tertiary/aromatic N) is 3. The summed E-state index contributed by atoms with van der Waals surface area (Å²) in [6.45, 7) is 3.96. The number of hydrogen-bond donors (Lipinski definition) is 2. The minimum Gasteiger partial charge on any atom is -0.325 e. The van der Waals surface area contributed by atoms with E-state index in [0.29, 0.717) is 10.7 Å². The Balaban J connectivity index is 1.53. The maximum absolute atomic E-state index is 13.2. The highest BCUT2D eigenvalue weighted by Crippen LogP contribution is 2.35. The van der Waals surface area contributed by atoms with Crippen LogP contribution < -0.4 is 10.7 Å². The molecule has 1 saturated heterocycles. The normalized spacial score (nSPS) is 26.3. The van der Waals surface area contributed by atoms with E-state index in [4.69, 9.17) is 11.6 Å². The second kappa shape index (κ2) is 7.62. The number of benzene rings is 1. The number of rotatable bonds is 4. The van der Waals surface area contributed by atoms with Gasteiger partial charge in [0, 0.05) is 17.1 Å². The average Bonchev–Trinajstić information content (AvgIpc) is 3.13. The number of nitrogens with one attached hydrogen (secondary N) is 2. The molecule has 0 aromatic heterocycles. The fourth-order valence-electron chi connectivity index (χ4n) is 4.61. The predicted octanol–water partition coefficient (Wildman–Crippen LogP) is 2.70. The van der Waals surface area contributed by atoms with Crippen LogP contribution in [0, 0.1) is 6.92 Å². The number of hydrogen-bond acceptors (Lipinski definition) is 5. The van der Waals surface area contributed by atoms with Crippen molar-refractivity contribution in [1.82, 2.24) is 15.2 Å². The van der Waals surface area contributed by atoms with Gasteiger partial charge >= 0.3 is 0 Å². The summed E-state index contributed by atoms with van der Waals surface area (Å²) in [6.07, 6.45) is 4.44. The summed E-state index contributed by atoms with van der Waals surface area (Å²) < 4.78 is 0. The van der Waals surface area contributed by atoms with Crippen molar-refractivity contribution in [3.05, 3.63) is 28.8 Å². The van der Waals surface area contributed by atoms with Gasteiger partial charge in [-0.25, -0.2) is 0 Å². The van der Waals surface area contributed by atoms with Gasteiger partial charge in [-0.1, -0.05) is 37.4 Å². The lowest BCUT2D eigenvalue weighted by Gasteiger charge is -2.51. The molecule has 1 aromatic rings. The van der Waals surface area contributed by atoms with E-state index >= 15 is 0 Å². The smallest absolute Gasteiger partial charge is 0.268 e. The minimum atomic E-state index is -0.491. The van der Waals surface area contributed by atoms with Gasteiger partial charge in [0.25, 0.3) is 5.91 Å². The summed E-state index contributed by atoms with van der Waals surface area (Å²) in [4.78, 5) is 29.9. The van der Waals surface area contributed by atoms with Gasteiger partial charge in [-0.15, -0.1) is 0 Å². The second-order valence-electron chi connectivity index (χ2n) is 7.67. The Labute approximate surface area is 170 Å². The fraction of sp³-hybridized carbons (Fsp3) is 0.550. The zero-order valence-corrected chi connectivity index (χ0v) is 17.0.